The lowest BCUT2D eigenvalue weighted by Gasteiger charge is -2.30. The van der Waals surface area contributed by atoms with Crippen LogP contribution in [0.4, 0.5) is 0 Å². The van der Waals surface area contributed by atoms with Gasteiger partial charge in [-0.1, -0.05) is 49.5 Å². The number of halogens is 1. The van der Waals surface area contributed by atoms with Crippen LogP contribution in [0.2, 0.25) is 5.02 Å². The summed E-state index contributed by atoms with van der Waals surface area (Å²) >= 11 is 7.09. The molecular formula is C17H21ClN2O3S2. The van der Waals surface area contributed by atoms with E-state index in [9.17, 15) is 13.2 Å². The van der Waals surface area contributed by atoms with Gasteiger partial charge in [0.2, 0.25) is 5.91 Å². The van der Waals surface area contributed by atoms with E-state index < -0.39 is 10.0 Å². The van der Waals surface area contributed by atoms with E-state index in [1.54, 1.807) is 4.90 Å². The first-order valence-electron chi connectivity index (χ1n) is 8.52. The number of thioether (sulfide) groups is 1. The summed E-state index contributed by atoms with van der Waals surface area (Å²) in [7, 11) is -3.87. The Labute approximate surface area is 157 Å². The van der Waals surface area contributed by atoms with Gasteiger partial charge in [0.15, 0.2) is 5.17 Å². The fraction of sp³-hybridized carbons (Fsp3) is 0.529. The molecule has 1 unspecified atom stereocenters. The van der Waals surface area contributed by atoms with Crippen LogP contribution in [0.5, 0.6) is 0 Å². The summed E-state index contributed by atoms with van der Waals surface area (Å²) < 4.78 is 29.3. The fourth-order valence-electron chi connectivity index (χ4n) is 3.24. The summed E-state index contributed by atoms with van der Waals surface area (Å²) in [4.78, 5) is 14.5. The van der Waals surface area contributed by atoms with E-state index in [4.69, 9.17) is 11.6 Å². The first-order chi connectivity index (χ1) is 11.9. The minimum atomic E-state index is -3.87. The van der Waals surface area contributed by atoms with Crippen molar-refractivity contribution in [2.24, 2.45) is 4.40 Å². The number of hydrogen-bond donors (Lipinski definition) is 0. The van der Waals surface area contributed by atoms with Gasteiger partial charge in [0, 0.05) is 11.1 Å². The maximum atomic E-state index is 12.7. The van der Waals surface area contributed by atoms with E-state index in [0.717, 1.165) is 25.7 Å². The Kier molecular flexibility index (Phi) is 5.75. The third-order valence-corrected chi connectivity index (χ3v) is 7.55. The molecule has 1 aromatic carbocycles. The molecule has 0 spiro atoms. The van der Waals surface area contributed by atoms with E-state index >= 15 is 0 Å². The van der Waals surface area contributed by atoms with Crippen LogP contribution < -0.4 is 0 Å². The zero-order valence-electron chi connectivity index (χ0n) is 14.0. The molecule has 1 aliphatic carbocycles. The van der Waals surface area contributed by atoms with E-state index in [1.165, 1.54) is 42.4 Å². The van der Waals surface area contributed by atoms with E-state index in [2.05, 4.69) is 4.40 Å². The first-order valence-corrected chi connectivity index (χ1v) is 11.2. The fourth-order valence-corrected chi connectivity index (χ4v) is 5.70. The van der Waals surface area contributed by atoms with Gasteiger partial charge in [-0.3, -0.25) is 9.69 Å². The summed E-state index contributed by atoms with van der Waals surface area (Å²) in [5.41, 5.74) is 0. The minimum absolute atomic E-state index is 0.00976. The highest BCUT2D eigenvalue weighted by Crippen LogP contribution is 2.36. The summed E-state index contributed by atoms with van der Waals surface area (Å²) in [6.45, 7) is 1.94. The molecule has 1 aliphatic heterocycles. The van der Waals surface area contributed by atoms with Crippen molar-refractivity contribution in [1.29, 1.82) is 0 Å². The Hall–Kier alpha value is -1.05. The smallest absolute Gasteiger partial charge is 0.284 e. The summed E-state index contributed by atoms with van der Waals surface area (Å²) in [5, 5.41) is 0.534. The normalized spacial score (nSPS) is 24.2. The van der Waals surface area contributed by atoms with Gasteiger partial charge in [-0.2, -0.15) is 8.42 Å². The molecule has 2 aliphatic rings. The second kappa shape index (κ2) is 7.68. The topological polar surface area (TPSA) is 66.8 Å². The van der Waals surface area contributed by atoms with Gasteiger partial charge in [-0.15, -0.1) is 4.40 Å². The Morgan fingerprint density at radius 1 is 1.20 bits per heavy atom. The molecule has 1 atom stereocenters. The van der Waals surface area contributed by atoms with E-state index in [-0.39, 0.29) is 22.1 Å². The second-order valence-electron chi connectivity index (χ2n) is 6.32. The quantitative estimate of drug-likeness (QED) is 0.763. The molecule has 0 radical (unpaired) electrons. The van der Waals surface area contributed by atoms with Gasteiger partial charge >= 0.3 is 0 Å². The molecule has 0 aromatic heterocycles. The van der Waals surface area contributed by atoms with Crippen molar-refractivity contribution in [1.82, 2.24) is 4.90 Å². The largest absolute Gasteiger partial charge is 0.287 e. The van der Waals surface area contributed by atoms with Crippen molar-refractivity contribution in [2.45, 2.75) is 61.6 Å². The number of sulfonamides is 1. The second-order valence-corrected chi connectivity index (χ2v) is 9.53. The number of amides is 1. The van der Waals surface area contributed by atoms with Crippen molar-refractivity contribution in [2.75, 3.05) is 0 Å². The average Bonchev–Trinajstić information content (AvgIpc) is 2.90. The molecule has 0 bridgehead atoms. The SMILES string of the molecule is CCC1S/C(=N/S(=O)(=O)c2ccc(Cl)cc2)N(C2CCCCC2)C1=O. The summed E-state index contributed by atoms with van der Waals surface area (Å²) in [6, 6.07) is 5.98. The molecule has 2 fully saturated rings. The van der Waals surface area contributed by atoms with Crippen LogP contribution in [0.25, 0.3) is 0 Å². The molecule has 5 nitrogen and oxygen atoms in total. The third-order valence-electron chi connectivity index (χ3n) is 4.59. The van der Waals surface area contributed by atoms with Crippen LogP contribution in [-0.2, 0) is 14.8 Å². The number of rotatable bonds is 4. The zero-order chi connectivity index (χ0) is 18.0. The zero-order valence-corrected chi connectivity index (χ0v) is 16.4. The summed E-state index contributed by atoms with van der Waals surface area (Å²) in [5.74, 6) is -0.00976. The van der Waals surface area contributed by atoms with E-state index in [0.29, 0.717) is 16.6 Å². The maximum absolute atomic E-state index is 12.7. The number of nitrogens with zero attached hydrogens (tertiary/aromatic N) is 2. The molecule has 3 rings (SSSR count). The number of amidine groups is 1. The highest BCUT2D eigenvalue weighted by Gasteiger charge is 2.42. The van der Waals surface area contributed by atoms with Crippen LogP contribution in [-0.4, -0.2) is 35.7 Å². The lowest BCUT2D eigenvalue weighted by atomic mass is 9.94. The van der Waals surface area contributed by atoms with Crippen molar-refractivity contribution >= 4 is 44.5 Å². The molecule has 1 saturated heterocycles. The van der Waals surface area contributed by atoms with Gasteiger partial charge in [0.1, 0.15) is 0 Å². The van der Waals surface area contributed by atoms with Crippen LogP contribution in [0.15, 0.2) is 33.6 Å². The van der Waals surface area contributed by atoms with Crippen LogP contribution >= 0.6 is 23.4 Å². The van der Waals surface area contributed by atoms with Gasteiger partial charge in [0.05, 0.1) is 10.1 Å². The van der Waals surface area contributed by atoms with Crippen molar-refractivity contribution in [3.05, 3.63) is 29.3 Å². The van der Waals surface area contributed by atoms with Gasteiger partial charge in [-0.25, -0.2) is 0 Å². The molecule has 1 aromatic rings. The van der Waals surface area contributed by atoms with Crippen LogP contribution in [0.1, 0.15) is 45.4 Å². The number of carbonyl (C=O) groups is 1. The number of hydrogen-bond acceptors (Lipinski definition) is 4. The highest BCUT2D eigenvalue weighted by molar-refractivity contribution is 8.16. The molecule has 0 N–H and O–H groups in total. The van der Waals surface area contributed by atoms with Gasteiger partial charge < -0.3 is 0 Å². The Morgan fingerprint density at radius 2 is 1.84 bits per heavy atom. The molecule has 1 saturated carbocycles. The average molecular weight is 401 g/mol. The van der Waals surface area contributed by atoms with Crippen molar-refractivity contribution in [3.8, 4) is 0 Å². The lowest BCUT2D eigenvalue weighted by molar-refractivity contribution is -0.128. The van der Waals surface area contributed by atoms with Crippen molar-refractivity contribution in [3.63, 3.8) is 0 Å². The lowest BCUT2D eigenvalue weighted by Crippen LogP contribution is -2.42. The van der Waals surface area contributed by atoms with Crippen LogP contribution in [0, 0.1) is 0 Å². The minimum Gasteiger partial charge on any atom is -0.287 e. The molecule has 136 valence electrons. The molecule has 25 heavy (non-hydrogen) atoms. The van der Waals surface area contributed by atoms with Crippen molar-refractivity contribution < 1.29 is 13.2 Å². The monoisotopic (exact) mass is 400 g/mol. The molecule has 8 heteroatoms. The predicted octanol–water partition coefficient (Wildman–Crippen LogP) is 4.07. The maximum Gasteiger partial charge on any atom is 0.284 e. The molecule has 1 amide bonds. The Morgan fingerprint density at radius 3 is 2.44 bits per heavy atom. The predicted molar refractivity (Wildman–Crippen MR) is 101 cm³/mol. The standard InChI is InChI=1S/C17H21ClN2O3S2/c1-2-15-16(21)20(13-6-4-3-5-7-13)17(24-15)19-25(22,23)14-10-8-12(18)9-11-14/h8-11,13,15H,2-7H2,1H3/b19-17+. The first kappa shape index (κ1) is 18.7. The highest BCUT2D eigenvalue weighted by atomic mass is 35.5. The summed E-state index contributed by atoms with van der Waals surface area (Å²) in [6.07, 6.45) is 5.76. The van der Waals surface area contributed by atoms with Gasteiger partial charge in [-0.05, 0) is 43.5 Å². The molecular weight excluding hydrogens is 380 g/mol. The third kappa shape index (κ3) is 4.04. The number of carbonyl (C=O) groups excluding carboxylic acids is 1. The molecule has 1 heterocycles. The Balaban J connectivity index is 1.95. The van der Waals surface area contributed by atoms with Gasteiger partial charge in [0.25, 0.3) is 10.0 Å². The number of benzene rings is 1. The Bertz CT molecular complexity index is 772. The van der Waals surface area contributed by atoms with E-state index in [1.807, 2.05) is 6.92 Å². The van der Waals surface area contributed by atoms with Crippen LogP contribution in [0.3, 0.4) is 0 Å².